The van der Waals surface area contributed by atoms with Gasteiger partial charge in [-0.3, -0.25) is 4.79 Å². The summed E-state index contributed by atoms with van der Waals surface area (Å²) >= 11 is 0. The Balaban J connectivity index is 1.70. The maximum Gasteiger partial charge on any atom is 0.162 e. The molecule has 0 aromatic heterocycles. The maximum atomic E-state index is 13.1. The number of dihydropyridines is 1. The van der Waals surface area contributed by atoms with E-state index in [1.807, 2.05) is 61.5 Å². The average Bonchev–Trinajstić information content (AvgIpc) is 2.71. The van der Waals surface area contributed by atoms with Crippen LogP contribution in [0.25, 0.3) is 0 Å². The molecule has 0 spiro atoms. The second-order valence-corrected chi connectivity index (χ2v) is 8.89. The molecular formula is C26H26N2O2. The van der Waals surface area contributed by atoms with Gasteiger partial charge in [-0.1, -0.05) is 56.3 Å². The third-order valence-electron chi connectivity index (χ3n) is 5.80. The van der Waals surface area contributed by atoms with Gasteiger partial charge in [0.2, 0.25) is 0 Å². The normalized spacial score (nSPS) is 20.3. The molecule has 0 amide bonds. The first-order chi connectivity index (χ1) is 14.4. The number of rotatable bonds is 4. The molecule has 1 heterocycles. The number of carbonyl (C=O) groups is 1. The lowest BCUT2D eigenvalue weighted by Gasteiger charge is -2.38. The van der Waals surface area contributed by atoms with E-state index >= 15 is 0 Å². The Hall–Kier alpha value is -3.32. The lowest BCUT2D eigenvalue weighted by Crippen LogP contribution is -2.36. The van der Waals surface area contributed by atoms with Gasteiger partial charge in [0.05, 0.1) is 17.6 Å². The molecule has 2 aromatic rings. The highest BCUT2D eigenvalue weighted by atomic mass is 16.5. The summed E-state index contributed by atoms with van der Waals surface area (Å²) in [6.07, 6.45) is 1.29. The van der Waals surface area contributed by atoms with Crippen molar-refractivity contribution in [1.82, 2.24) is 5.32 Å². The van der Waals surface area contributed by atoms with Crippen molar-refractivity contribution in [3.05, 3.63) is 88.3 Å². The molecule has 4 heteroatoms. The van der Waals surface area contributed by atoms with Crippen LogP contribution in [0, 0.1) is 16.7 Å². The Kier molecular flexibility index (Phi) is 5.22. The van der Waals surface area contributed by atoms with Crippen LogP contribution in [-0.4, -0.2) is 5.78 Å². The van der Waals surface area contributed by atoms with Crippen molar-refractivity contribution in [2.75, 3.05) is 0 Å². The van der Waals surface area contributed by atoms with Gasteiger partial charge in [0.15, 0.2) is 5.78 Å². The van der Waals surface area contributed by atoms with E-state index in [1.165, 1.54) is 0 Å². The molecule has 2 aliphatic rings. The predicted molar refractivity (Wildman–Crippen MR) is 116 cm³/mol. The Morgan fingerprint density at radius 1 is 1.13 bits per heavy atom. The number of nitrogens with one attached hydrogen (secondary N) is 1. The fraction of sp³-hybridized carbons (Fsp3) is 0.308. The zero-order valence-electron chi connectivity index (χ0n) is 17.7. The summed E-state index contributed by atoms with van der Waals surface area (Å²) in [5, 5.41) is 13.2. The van der Waals surface area contributed by atoms with Crippen molar-refractivity contribution in [3.8, 4) is 11.8 Å². The van der Waals surface area contributed by atoms with Gasteiger partial charge in [0.1, 0.15) is 12.4 Å². The number of hydrogen-bond donors (Lipinski definition) is 1. The van der Waals surface area contributed by atoms with Crippen LogP contribution in [0.3, 0.4) is 0 Å². The molecule has 1 aliphatic carbocycles. The van der Waals surface area contributed by atoms with Crippen LogP contribution >= 0.6 is 0 Å². The van der Waals surface area contributed by atoms with Crippen LogP contribution in [0.15, 0.2) is 77.1 Å². The van der Waals surface area contributed by atoms with E-state index in [-0.39, 0.29) is 17.1 Å². The molecule has 152 valence electrons. The van der Waals surface area contributed by atoms with Gasteiger partial charge < -0.3 is 10.1 Å². The Morgan fingerprint density at radius 3 is 2.63 bits per heavy atom. The van der Waals surface area contributed by atoms with Crippen molar-refractivity contribution < 1.29 is 9.53 Å². The van der Waals surface area contributed by atoms with E-state index in [0.29, 0.717) is 18.6 Å². The summed E-state index contributed by atoms with van der Waals surface area (Å²) in [4.78, 5) is 13.1. The van der Waals surface area contributed by atoms with Crippen LogP contribution in [0.5, 0.6) is 5.75 Å². The van der Waals surface area contributed by atoms with Crippen LogP contribution in [0.4, 0.5) is 0 Å². The van der Waals surface area contributed by atoms with Gasteiger partial charge in [-0.15, -0.1) is 0 Å². The van der Waals surface area contributed by atoms with Gasteiger partial charge in [-0.05, 0) is 42.0 Å². The fourth-order valence-corrected chi connectivity index (χ4v) is 4.44. The molecule has 1 N–H and O–H groups in total. The molecule has 2 aromatic carbocycles. The lowest BCUT2D eigenvalue weighted by atomic mass is 9.69. The first-order valence-corrected chi connectivity index (χ1v) is 10.3. The zero-order valence-corrected chi connectivity index (χ0v) is 17.7. The Bertz CT molecular complexity index is 1090. The largest absolute Gasteiger partial charge is 0.489 e. The number of hydrogen-bond acceptors (Lipinski definition) is 4. The van der Waals surface area contributed by atoms with E-state index in [9.17, 15) is 10.1 Å². The fourth-order valence-electron chi connectivity index (χ4n) is 4.44. The van der Waals surface area contributed by atoms with E-state index in [2.05, 4.69) is 25.2 Å². The number of carbonyl (C=O) groups excluding carboxylic acids is 1. The summed E-state index contributed by atoms with van der Waals surface area (Å²) < 4.78 is 6.00. The third-order valence-corrected chi connectivity index (χ3v) is 5.80. The number of benzene rings is 2. The first-order valence-electron chi connectivity index (χ1n) is 10.3. The van der Waals surface area contributed by atoms with E-state index in [1.54, 1.807) is 0 Å². The van der Waals surface area contributed by atoms with Crippen molar-refractivity contribution in [1.29, 1.82) is 5.26 Å². The Labute approximate surface area is 177 Å². The average molecular weight is 399 g/mol. The second-order valence-electron chi connectivity index (χ2n) is 8.89. The van der Waals surface area contributed by atoms with Gasteiger partial charge in [0, 0.05) is 23.4 Å². The van der Waals surface area contributed by atoms with Gasteiger partial charge in [-0.2, -0.15) is 5.26 Å². The van der Waals surface area contributed by atoms with Gasteiger partial charge >= 0.3 is 0 Å². The van der Waals surface area contributed by atoms with E-state index in [0.717, 1.165) is 40.3 Å². The zero-order chi connectivity index (χ0) is 21.3. The van der Waals surface area contributed by atoms with Gasteiger partial charge in [0.25, 0.3) is 0 Å². The number of ether oxygens (including phenoxy) is 1. The summed E-state index contributed by atoms with van der Waals surface area (Å²) in [5.74, 6) is 0.500. The maximum absolute atomic E-state index is 13.1. The molecule has 4 rings (SSSR count). The number of nitriles is 1. The molecule has 30 heavy (non-hydrogen) atoms. The van der Waals surface area contributed by atoms with Crippen molar-refractivity contribution in [3.63, 3.8) is 0 Å². The van der Waals surface area contributed by atoms with Crippen LogP contribution < -0.4 is 10.1 Å². The van der Waals surface area contributed by atoms with Crippen LogP contribution in [-0.2, 0) is 11.4 Å². The van der Waals surface area contributed by atoms with E-state index < -0.39 is 0 Å². The minimum absolute atomic E-state index is 0.0848. The molecule has 0 radical (unpaired) electrons. The molecule has 0 bridgehead atoms. The number of nitrogens with zero attached hydrogens (tertiary/aromatic N) is 1. The molecule has 4 nitrogen and oxygen atoms in total. The number of allylic oxidation sites excluding steroid dienone is 4. The molecule has 0 saturated heterocycles. The molecular weight excluding hydrogens is 372 g/mol. The summed E-state index contributed by atoms with van der Waals surface area (Å²) in [7, 11) is 0. The highest BCUT2D eigenvalue weighted by Crippen LogP contribution is 2.46. The molecule has 0 saturated carbocycles. The van der Waals surface area contributed by atoms with Crippen molar-refractivity contribution in [2.24, 2.45) is 5.41 Å². The third kappa shape index (κ3) is 3.89. The second kappa shape index (κ2) is 7.84. The summed E-state index contributed by atoms with van der Waals surface area (Å²) in [5.41, 5.74) is 5.03. The smallest absolute Gasteiger partial charge is 0.162 e. The number of Topliss-reactive ketones (excluding diaryl/α,β-unsaturated/α-hetero) is 1. The van der Waals surface area contributed by atoms with Crippen LogP contribution in [0.1, 0.15) is 50.7 Å². The number of ketones is 1. The van der Waals surface area contributed by atoms with E-state index in [4.69, 9.17) is 4.74 Å². The predicted octanol–water partition coefficient (Wildman–Crippen LogP) is 5.39. The lowest BCUT2D eigenvalue weighted by molar-refractivity contribution is -0.118. The summed E-state index contributed by atoms with van der Waals surface area (Å²) in [6, 6.07) is 20.1. The first kappa shape index (κ1) is 20.0. The minimum Gasteiger partial charge on any atom is -0.489 e. The molecule has 1 aliphatic heterocycles. The van der Waals surface area contributed by atoms with Crippen LogP contribution in [0.2, 0.25) is 0 Å². The SMILES string of the molecule is CC1=C(C#N)[C@@H](c2cccc(OCc3ccccc3)c2)C2=C(CC(C)(C)CC2=O)N1. The van der Waals surface area contributed by atoms with Crippen molar-refractivity contribution >= 4 is 5.78 Å². The Morgan fingerprint density at radius 2 is 1.90 bits per heavy atom. The monoisotopic (exact) mass is 398 g/mol. The van der Waals surface area contributed by atoms with Gasteiger partial charge in [-0.25, -0.2) is 0 Å². The summed E-state index contributed by atoms with van der Waals surface area (Å²) in [6.45, 7) is 6.61. The quantitative estimate of drug-likeness (QED) is 0.750. The minimum atomic E-state index is -0.352. The molecule has 1 atom stereocenters. The highest BCUT2D eigenvalue weighted by Gasteiger charge is 2.41. The molecule has 0 fully saturated rings. The topological polar surface area (TPSA) is 62.1 Å². The standard InChI is InChI=1S/C26H26N2O2/c1-17-21(15-27)24(25-22(28-17)13-26(2,3)14-23(25)29)19-10-7-11-20(12-19)30-16-18-8-5-4-6-9-18/h4-12,24,28H,13-14,16H2,1-3H3/t24-/m1/s1. The highest BCUT2D eigenvalue weighted by molar-refractivity contribution is 6.00. The molecule has 0 unspecified atom stereocenters. The van der Waals surface area contributed by atoms with Crippen molar-refractivity contribution in [2.45, 2.75) is 46.1 Å².